The number of piperazine rings is 1. The van der Waals surface area contributed by atoms with Gasteiger partial charge in [-0.3, -0.25) is 4.79 Å². The summed E-state index contributed by atoms with van der Waals surface area (Å²) in [6.07, 6.45) is -2.91. The second-order valence-corrected chi connectivity index (χ2v) is 8.12. The van der Waals surface area contributed by atoms with E-state index >= 15 is 0 Å². The Morgan fingerprint density at radius 3 is 2.38 bits per heavy atom. The molecule has 2 fully saturated rings. The number of hydrogen-bond acceptors (Lipinski definition) is 3. The summed E-state index contributed by atoms with van der Waals surface area (Å²) in [6, 6.07) is 8.46. The van der Waals surface area contributed by atoms with Crippen LogP contribution in [0.2, 0.25) is 10.0 Å². The third-order valence-corrected chi connectivity index (χ3v) is 6.07. The lowest BCUT2D eigenvalue weighted by Crippen LogP contribution is -2.49. The van der Waals surface area contributed by atoms with Gasteiger partial charge in [-0.15, -0.1) is 0 Å². The van der Waals surface area contributed by atoms with Crippen molar-refractivity contribution in [1.82, 2.24) is 9.88 Å². The Morgan fingerprint density at radius 1 is 1.07 bits per heavy atom. The molecule has 1 aliphatic heterocycles. The lowest BCUT2D eigenvalue weighted by atomic mass is 10.1. The minimum absolute atomic E-state index is 0.0411. The molecule has 29 heavy (non-hydrogen) atoms. The van der Waals surface area contributed by atoms with Crippen molar-refractivity contribution in [3.63, 3.8) is 0 Å². The van der Waals surface area contributed by atoms with E-state index in [9.17, 15) is 18.0 Å². The van der Waals surface area contributed by atoms with Gasteiger partial charge in [0.25, 0.3) is 0 Å². The number of amides is 1. The van der Waals surface area contributed by atoms with Crippen LogP contribution in [0.1, 0.15) is 23.5 Å². The van der Waals surface area contributed by atoms with Gasteiger partial charge in [0.05, 0.1) is 10.6 Å². The number of carbonyl (C=O) groups is 1. The van der Waals surface area contributed by atoms with Crippen molar-refractivity contribution in [2.75, 3.05) is 31.1 Å². The summed E-state index contributed by atoms with van der Waals surface area (Å²) < 4.78 is 38.3. The van der Waals surface area contributed by atoms with Gasteiger partial charge in [0, 0.05) is 43.3 Å². The van der Waals surface area contributed by atoms with E-state index in [-0.39, 0.29) is 22.8 Å². The summed E-state index contributed by atoms with van der Waals surface area (Å²) in [6.45, 7) is 1.88. The van der Waals surface area contributed by atoms with E-state index in [2.05, 4.69) is 4.98 Å². The van der Waals surface area contributed by atoms with Gasteiger partial charge in [-0.2, -0.15) is 13.2 Å². The highest BCUT2D eigenvalue weighted by molar-refractivity contribution is 6.33. The number of pyridine rings is 1. The average molecular weight is 444 g/mol. The topological polar surface area (TPSA) is 36.4 Å². The van der Waals surface area contributed by atoms with Crippen LogP contribution >= 0.6 is 23.2 Å². The lowest BCUT2D eigenvalue weighted by molar-refractivity contribution is -0.138. The number of hydrogen-bond donors (Lipinski definition) is 0. The predicted molar refractivity (Wildman–Crippen MR) is 105 cm³/mol. The molecule has 4 rings (SSSR count). The largest absolute Gasteiger partial charge is 0.417 e. The monoisotopic (exact) mass is 443 g/mol. The predicted octanol–water partition coefficient (Wildman–Crippen LogP) is 4.86. The SMILES string of the molecule is O=C(C1CC1c1ccccc1Cl)N1CCN(c2ncc(C(F)(F)F)cc2Cl)CC1. The molecule has 9 heteroatoms. The second kappa shape index (κ2) is 7.69. The number of aromatic nitrogens is 1. The first-order valence-corrected chi connectivity index (χ1v) is 10.0. The summed E-state index contributed by atoms with van der Waals surface area (Å²) >= 11 is 12.3. The van der Waals surface area contributed by atoms with E-state index in [0.717, 1.165) is 24.2 Å². The molecule has 1 amide bonds. The van der Waals surface area contributed by atoms with Crippen LogP contribution in [0.5, 0.6) is 0 Å². The summed E-state index contributed by atoms with van der Waals surface area (Å²) in [7, 11) is 0. The molecule has 4 nitrogen and oxygen atoms in total. The van der Waals surface area contributed by atoms with Gasteiger partial charge >= 0.3 is 6.18 Å². The Balaban J connectivity index is 1.37. The highest BCUT2D eigenvalue weighted by Crippen LogP contribution is 2.50. The fraction of sp³-hybridized carbons (Fsp3) is 0.400. The normalized spacial score (nSPS) is 22.0. The highest BCUT2D eigenvalue weighted by atomic mass is 35.5. The minimum Gasteiger partial charge on any atom is -0.352 e. The standard InChI is InChI=1S/C20H18Cl2F3N3O/c21-16-4-2-1-3-13(16)14-10-15(14)19(29)28-7-5-27(6-8-28)18-17(22)9-12(11-26-18)20(23,24)25/h1-4,9,11,14-15H,5-8,10H2. The molecule has 0 radical (unpaired) electrons. The Morgan fingerprint density at radius 2 is 1.76 bits per heavy atom. The van der Waals surface area contributed by atoms with E-state index in [1.165, 1.54) is 0 Å². The first kappa shape index (κ1) is 20.3. The van der Waals surface area contributed by atoms with Gasteiger partial charge in [-0.25, -0.2) is 4.98 Å². The molecule has 0 spiro atoms. The smallest absolute Gasteiger partial charge is 0.352 e. The third-order valence-electron chi connectivity index (χ3n) is 5.45. The number of rotatable bonds is 3. The number of halogens is 5. The van der Waals surface area contributed by atoms with Gasteiger partial charge in [0.2, 0.25) is 5.91 Å². The van der Waals surface area contributed by atoms with Crippen LogP contribution in [0.3, 0.4) is 0 Å². The number of nitrogens with zero attached hydrogens (tertiary/aromatic N) is 3. The Labute approximate surface area is 176 Å². The summed E-state index contributed by atoms with van der Waals surface area (Å²) in [5.41, 5.74) is 0.131. The number of benzene rings is 1. The van der Waals surface area contributed by atoms with Crippen molar-refractivity contribution < 1.29 is 18.0 Å². The first-order valence-electron chi connectivity index (χ1n) is 9.26. The van der Waals surface area contributed by atoms with Crippen molar-refractivity contribution in [2.45, 2.75) is 18.5 Å². The molecule has 2 aliphatic rings. The van der Waals surface area contributed by atoms with Crippen LogP contribution in [0.25, 0.3) is 0 Å². The molecule has 0 N–H and O–H groups in total. The summed E-state index contributed by atoms with van der Waals surface area (Å²) in [5, 5.41) is 0.640. The average Bonchev–Trinajstić information content (AvgIpc) is 3.48. The molecular formula is C20H18Cl2F3N3O. The van der Waals surface area contributed by atoms with Crippen molar-refractivity contribution in [3.05, 3.63) is 57.7 Å². The zero-order valence-corrected chi connectivity index (χ0v) is 16.8. The van der Waals surface area contributed by atoms with Crippen LogP contribution in [0.15, 0.2) is 36.5 Å². The van der Waals surface area contributed by atoms with Crippen molar-refractivity contribution in [1.29, 1.82) is 0 Å². The maximum atomic E-state index is 12.8. The Hall–Kier alpha value is -1.99. The lowest BCUT2D eigenvalue weighted by Gasteiger charge is -2.36. The first-order chi connectivity index (χ1) is 13.8. The number of carbonyl (C=O) groups excluding carboxylic acids is 1. The third kappa shape index (κ3) is 4.16. The van der Waals surface area contributed by atoms with Gasteiger partial charge in [-0.1, -0.05) is 41.4 Å². The zero-order chi connectivity index (χ0) is 20.8. The molecule has 2 unspecified atom stereocenters. The van der Waals surface area contributed by atoms with Crippen LogP contribution < -0.4 is 4.90 Å². The van der Waals surface area contributed by atoms with Crippen molar-refractivity contribution in [2.24, 2.45) is 5.92 Å². The quantitative estimate of drug-likeness (QED) is 0.679. The second-order valence-electron chi connectivity index (χ2n) is 7.31. The summed E-state index contributed by atoms with van der Waals surface area (Å²) in [5.74, 6) is 0.502. The molecular weight excluding hydrogens is 426 g/mol. The molecule has 1 aromatic heterocycles. The number of alkyl halides is 3. The Bertz CT molecular complexity index is 929. The molecule has 154 valence electrons. The van der Waals surface area contributed by atoms with E-state index in [1.54, 1.807) is 4.90 Å². The fourth-order valence-electron chi connectivity index (χ4n) is 3.78. The molecule has 1 aromatic carbocycles. The highest BCUT2D eigenvalue weighted by Gasteiger charge is 2.46. The van der Waals surface area contributed by atoms with Crippen LogP contribution in [-0.2, 0) is 11.0 Å². The summed E-state index contributed by atoms with van der Waals surface area (Å²) in [4.78, 5) is 20.3. The van der Waals surface area contributed by atoms with Gasteiger partial charge < -0.3 is 9.80 Å². The van der Waals surface area contributed by atoms with Crippen LogP contribution in [0.4, 0.5) is 19.0 Å². The Kier molecular flexibility index (Phi) is 5.38. The fourth-order valence-corrected chi connectivity index (χ4v) is 4.34. The molecule has 2 aromatic rings. The van der Waals surface area contributed by atoms with Crippen molar-refractivity contribution >= 4 is 34.9 Å². The molecule has 1 aliphatic carbocycles. The van der Waals surface area contributed by atoms with E-state index < -0.39 is 11.7 Å². The van der Waals surface area contributed by atoms with E-state index in [4.69, 9.17) is 23.2 Å². The van der Waals surface area contributed by atoms with Crippen LogP contribution in [0, 0.1) is 5.92 Å². The van der Waals surface area contributed by atoms with Gasteiger partial charge in [0.1, 0.15) is 5.82 Å². The van der Waals surface area contributed by atoms with Crippen LogP contribution in [-0.4, -0.2) is 42.0 Å². The van der Waals surface area contributed by atoms with Gasteiger partial charge in [-0.05, 0) is 30.0 Å². The molecule has 2 heterocycles. The molecule has 1 saturated carbocycles. The van der Waals surface area contributed by atoms with E-state index in [0.29, 0.717) is 37.0 Å². The maximum Gasteiger partial charge on any atom is 0.417 e. The minimum atomic E-state index is -4.48. The number of anilines is 1. The zero-order valence-electron chi connectivity index (χ0n) is 15.3. The molecule has 2 atom stereocenters. The molecule has 0 bridgehead atoms. The van der Waals surface area contributed by atoms with E-state index in [1.807, 2.05) is 29.2 Å². The maximum absolute atomic E-state index is 12.8. The van der Waals surface area contributed by atoms with Crippen molar-refractivity contribution in [3.8, 4) is 0 Å². The van der Waals surface area contributed by atoms with Gasteiger partial charge in [0.15, 0.2) is 0 Å². The molecule has 1 saturated heterocycles.